The van der Waals surface area contributed by atoms with Gasteiger partial charge in [-0.2, -0.15) is 18.0 Å². The third kappa shape index (κ3) is 3.97. The zero-order valence-corrected chi connectivity index (χ0v) is 15.7. The largest absolute Gasteiger partial charge is 0.431 e. The van der Waals surface area contributed by atoms with Crippen LogP contribution in [0.2, 0.25) is 5.02 Å². The van der Waals surface area contributed by atoms with Gasteiger partial charge in [-0.15, -0.1) is 10.2 Å². The zero-order valence-electron chi connectivity index (χ0n) is 14.9. The highest BCUT2D eigenvalue weighted by molar-refractivity contribution is 6.33. The summed E-state index contributed by atoms with van der Waals surface area (Å²) in [6, 6.07) is 4.23. The Kier molecular flexibility index (Phi) is 5.13. The SMILES string of the molecule is CC(=O)Cn1nnc(-c2cc(-n3c(=O)cc(C(F)(F)F)n(C)c3=O)ccc2Cl)n1. The molecule has 1 aromatic carbocycles. The fraction of sp³-hybridized carbons (Fsp3) is 0.250. The molecule has 152 valence electrons. The molecule has 0 saturated heterocycles. The predicted octanol–water partition coefficient (Wildman–Crippen LogP) is 1.45. The van der Waals surface area contributed by atoms with E-state index in [9.17, 15) is 27.6 Å². The molecule has 0 bridgehead atoms. The number of ketones is 1. The molecule has 0 spiro atoms. The van der Waals surface area contributed by atoms with Crippen molar-refractivity contribution in [1.82, 2.24) is 29.3 Å². The van der Waals surface area contributed by atoms with Crippen molar-refractivity contribution < 1.29 is 18.0 Å². The summed E-state index contributed by atoms with van der Waals surface area (Å²) in [6.07, 6.45) is -4.86. The summed E-state index contributed by atoms with van der Waals surface area (Å²) < 4.78 is 39.9. The Balaban J connectivity index is 2.15. The summed E-state index contributed by atoms with van der Waals surface area (Å²) in [6.45, 7) is 1.21. The van der Waals surface area contributed by atoms with E-state index < -0.39 is 23.1 Å². The van der Waals surface area contributed by atoms with E-state index in [1.165, 1.54) is 25.1 Å². The third-order valence-electron chi connectivity index (χ3n) is 3.88. The molecule has 3 aromatic rings. The van der Waals surface area contributed by atoms with Crippen LogP contribution in [0.1, 0.15) is 12.6 Å². The van der Waals surface area contributed by atoms with Gasteiger partial charge in [0.25, 0.3) is 5.56 Å². The minimum Gasteiger partial charge on any atom is -0.298 e. The Morgan fingerprint density at radius 3 is 2.52 bits per heavy atom. The summed E-state index contributed by atoms with van der Waals surface area (Å²) in [7, 11) is 0.910. The van der Waals surface area contributed by atoms with Crippen LogP contribution in [0, 0.1) is 0 Å². The Bertz CT molecular complexity index is 1230. The number of hydrogen-bond acceptors (Lipinski definition) is 6. The topological polar surface area (TPSA) is 105 Å². The van der Waals surface area contributed by atoms with E-state index in [0.717, 1.165) is 11.8 Å². The van der Waals surface area contributed by atoms with Crippen LogP contribution in [0.3, 0.4) is 0 Å². The number of halogens is 4. The van der Waals surface area contributed by atoms with E-state index in [-0.39, 0.29) is 34.4 Å². The Morgan fingerprint density at radius 1 is 1.21 bits per heavy atom. The number of carbonyl (C=O) groups is 1. The number of hydrogen-bond donors (Lipinski definition) is 0. The van der Waals surface area contributed by atoms with Crippen LogP contribution in [0.15, 0.2) is 33.9 Å². The smallest absolute Gasteiger partial charge is 0.298 e. The molecule has 3 rings (SSSR count). The summed E-state index contributed by atoms with van der Waals surface area (Å²) in [5.41, 5.74) is -3.58. The lowest BCUT2D eigenvalue weighted by atomic mass is 10.2. The van der Waals surface area contributed by atoms with Crippen molar-refractivity contribution in [1.29, 1.82) is 0 Å². The van der Waals surface area contributed by atoms with Crippen molar-refractivity contribution in [3.63, 3.8) is 0 Å². The highest BCUT2D eigenvalue weighted by atomic mass is 35.5. The molecule has 0 aliphatic heterocycles. The number of Topliss-reactive ketones (excluding diaryl/α,β-unsaturated/α-hetero) is 1. The summed E-state index contributed by atoms with van der Waals surface area (Å²) in [4.78, 5) is 36.9. The molecular formula is C16H12ClF3N6O3. The number of carbonyl (C=O) groups excluding carboxylic acids is 1. The number of rotatable bonds is 4. The molecule has 0 fully saturated rings. The molecule has 2 heterocycles. The highest BCUT2D eigenvalue weighted by Gasteiger charge is 2.35. The van der Waals surface area contributed by atoms with Gasteiger partial charge in [-0.05, 0) is 30.3 Å². The summed E-state index contributed by atoms with van der Waals surface area (Å²) in [5, 5.41) is 11.6. The number of benzene rings is 1. The Hall–Kier alpha value is -3.28. The minimum absolute atomic E-state index is 0.00915. The average molecular weight is 429 g/mol. The monoisotopic (exact) mass is 428 g/mol. The fourth-order valence-corrected chi connectivity index (χ4v) is 2.78. The first-order chi connectivity index (χ1) is 13.5. The first-order valence-corrected chi connectivity index (χ1v) is 8.34. The first kappa shape index (κ1) is 20.5. The quantitative estimate of drug-likeness (QED) is 0.623. The fourth-order valence-electron chi connectivity index (χ4n) is 2.58. The molecule has 9 nitrogen and oxygen atoms in total. The zero-order chi connectivity index (χ0) is 21.5. The minimum atomic E-state index is -4.86. The molecule has 0 amide bonds. The van der Waals surface area contributed by atoms with Crippen LogP contribution in [-0.2, 0) is 24.6 Å². The normalized spacial score (nSPS) is 11.7. The average Bonchev–Trinajstić information content (AvgIpc) is 3.06. The Labute approximate surface area is 164 Å². The van der Waals surface area contributed by atoms with Gasteiger partial charge in [-0.25, -0.2) is 9.36 Å². The number of nitrogens with zero attached hydrogens (tertiary/aromatic N) is 6. The van der Waals surface area contributed by atoms with E-state index >= 15 is 0 Å². The van der Waals surface area contributed by atoms with Crippen molar-refractivity contribution >= 4 is 17.4 Å². The van der Waals surface area contributed by atoms with Crippen LogP contribution >= 0.6 is 11.6 Å². The third-order valence-corrected chi connectivity index (χ3v) is 4.21. The van der Waals surface area contributed by atoms with Crippen LogP contribution in [0.5, 0.6) is 0 Å². The second-order valence-electron chi connectivity index (χ2n) is 6.05. The summed E-state index contributed by atoms with van der Waals surface area (Å²) >= 11 is 6.13. The lowest BCUT2D eigenvalue weighted by molar-refractivity contribution is -0.144. The van der Waals surface area contributed by atoms with Gasteiger partial charge >= 0.3 is 11.9 Å². The molecule has 0 aliphatic rings. The molecule has 13 heteroatoms. The lowest BCUT2D eigenvalue weighted by Gasteiger charge is -2.14. The summed E-state index contributed by atoms with van der Waals surface area (Å²) in [5.74, 6) is -0.205. The lowest BCUT2D eigenvalue weighted by Crippen LogP contribution is -2.40. The molecule has 0 aliphatic carbocycles. The van der Waals surface area contributed by atoms with Gasteiger partial charge in [0.15, 0.2) is 5.78 Å². The Morgan fingerprint density at radius 2 is 1.90 bits per heavy atom. The maximum absolute atomic E-state index is 13.0. The van der Waals surface area contributed by atoms with E-state index in [2.05, 4.69) is 15.4 Å². The molecule has 0 radical (unpaired) electrons. The molecule has 0 N–H and O–H groups in total. The van der Waals surface area contributed by atoms with E-state index in [0.29, 0.717) is 15.2 Å². The van der Waals surface area contributed by atoms with E-state index in [4.69, 9.17) is 11.6 Å². The maximum Gasteiger partial charge on any atom is 0.431 e. The van der Waals surface area contributed by atoms with Crippen molar-refractivity contribution in [3.8, 4) is 17.1 Å². The van der Waals surface area contributed by atoms with Crippen molar-refractivity contribution in [2.24, 2.45) is 7.05 Å². The van der Waals surface area contributed by atoms with Crippen LogP contribution < -0.4 is 11.2 Å². The van der Waals surface area contributed by atoms with Gasteiger partial charge < -0.3 is 0 Å². The van der Waals surface area contributed by atoms with Gasteiger partial charge in [0.2, 0.25) is 5.82 Å². The molecule has 0 atom stereocenters. The molecule has 2 aromatic heterocycles. The number of aromatic nitrogens is 6. The standard InChI is InChI=1S/C16H12ClF3N6O3/c1-8(27)7-25-22-14(21-23-25)10-5-9(3-4-11(10)17)26-13(28)6-12(16(18,19)20)24(2)15(26)29/h3-6H,7H2,1-2H3. The van der Waals surface area contributed by atoms with Crippen LogP contribution in [-0.4, -0.2) is 35.1 Å². The van der Waals surface area contributed by atoms with Gasteiger partial charge in [0.05, 0.1) is 10.7 Å². The van der Waals surface area contributed by atoms with Crippen molar-refractivity contribution in [2.45, 2.75) is 19.6 Å². The molecule has 0 saturated carbocycles. The van der Waals surface area contributed by atoms with Crippen molar-refractivity contribution in [2.75, 3.05) is 0 Å². The van der Waals surface area contributed by atoms with Gasteiger partial charge in [-0.3, -0.25) is 14.2 Å². The molecule has 0 unspecified atom stereocenters. The van der Waals surface area contributed by atoms with Gasteiger partial charge in [0.1, 0.15) is 12.2 Å². The number of tetrazole rings is 1. The van der Waals surface area contributed by atoms with Gasteiger partial charge in [-0.1, -0.05) is 11.6 Å². The first-order valence-electron chi connectivity index (χ1n) is 7.97. The molecule has 29 heavy (non-hydrogen) atoms. The van der Waals surface area contributed by atoms with E-state index in [1.807, 2.05) is 0 Å². The second kappa shape index (κ2) is 7.28. The number of alkyl halides is 3. The highest BCUT2D eigenvalue weighted by Crippen LogP contribution is 2.28. The van der Waals surface area contributed by atoms with E-state index in [1.54, 1.807) is 0 Å². The second-order valence-corrected chi connectivity index (χ2v) is 6.46. The molecular weight excluding hydrogens is 417 g/mol. The van der Waals surface area contributed by atoms with Crippen LogP contribution in [0.25, 0.3) is 17.1 Å². The van der Waals surface area contributed by atoms with Gasteiger partial charge in [0, 0.05) is 18.7 Å². The van der Waals surface area contributed by atoms with Crippen molar-refractivity contribution in [3.05, 3.63) is 55.8 Å². The van der Waals surface area contributed by atoms with Crippen LogP contribution in [0.4, 0.5) is 13.2 Å². The predicted molar refractivity (Wildman–Crippen MR) is 94.8 cm³/mol. The maximum atomic E-state index is 13.0.